The molecule has 4 nitrogen and oxygen atoms in total. The molecule has 2 aromatic rings. The van der Waals surface area contributed by atoms with Gasteiger partial charge in [-0.05, 0) is 38.0 Å². The van der Waals surface area contributed by atoms with Gasteiger partial charge in [-0.1, -0.05) is 6.07 Å². The lowest BCUT2D eigenvalue weighted by molar-refractivity contribution is 0.529. The minimum atomic E-state index is 0.166. The molecule has 0 saturated heterocycles. The van der Waals surface area contributed by atoms with Crippen molar-refractivity contribution < 1.29 is 4.42 Å². The van der Waals surface area contributed by atoms with E-state index in [0.29, 0.717) is 0 Å². The summed E-state index contributed by atoms with van der Waals surface area (Å²) in [7, 11) is 2.03. The smallest absolute Gasteiger partial charge is 0.128 e. The van der Waals surface area contributed by atoms with Crippen molar-refractivity contribution in [3.8, 4) is 0 Å². The molecule has 2 N–H and O–H groups in total. The molecule has 0 fully saturated rings. The predicted molar refractivity (Wildman–Crippen MR) is 77.1 cm³/mol. The van der Waals surface area contributed by atoms with E-state index >= 15 is 0 Å². The fourth-order valence-electron chi connectivity index (χ4n) is 2.05. The van der Waals surface area contributed by atoms with Crippen LogP contribution in [0.25, 0.3) is 0 Å². The molecule has 0 amide bonds. The maximum atomic E-state index is 5.78. The highest BCUT2D eigenvalue weighted by atomic mass is 16.3. The Bertz CT molecular complexity index is 516. The van der Waals surface area contributed by atoms with Crippen LogP contribution in [0.5, 0.6) is 0 Å². The van der Waals surface area contributed by atoms with Gasteiger partial charge in [0.25, 0.3) is 0 Å². The molecule has 0 aromatic carbocycles. The zero-order chi connectivity index (χ0) is 13.8. The Balaban J connectivity index is 2.03. The van der Waals surface area contributed by atoms with E-state index in [1.165, 1.54) is 11.1 Å². The van der Waals surface area contributed by atoms with Crippen LogP contribution in [-0.2, 0) is 13.0 Å². The Hall–Kier alpha value is -1.81. The van der Waals surface area contributed by atoms with Crippen molar-refractivity contribution in [2.24, 2.45) is 5.73 Å². The van der Waals surface area contributed by atoms with E-state index in [9.17, 15) is 0 Å². The van der Waals surface area contributed by atoms with Gasteiger partial charge in [0.1, 0.15) is 11.6 Å². The van der Waals surface area contributed by atoms with Crippen LogP contribution in [0, 0.1) is 6.92 Å². The second-order valence-electron chi connectivity index (χ2n) is 5.06. The van der Waals surface area contributed by atoms with Gasteiger partial charge in [0.05, 0.1) is 6.26 Å². The molecule has 0 radical (unpaired) electrons. The Kier molecular flexibility index (Phi) is 4.22. The molecular weight excluding hydrogens is 238 g/mol. The van der Waals surface area contributed by atoms with E-state index in [0.717, 1.165) is 24.5 Å². The molecule has 2 heterocycles. The Labute approximate surface area is 114 Å². The molecular formula is C15H21N3O. The number of nitrogens with two attached hydrogens (primary N) is 1. The summed E-state index contributed by atoms with van der Waals surface area (Å²) in [5.41, 5.74) is 8.14. The molecule has 2 aromatic heterocycles. The summed E-state index contributed by atoms with van der Waals surface area (Å²) in [5, 5.41) is 0. The van der Waals surface area contributed by atoms with E-state index in [4.69, 9.17) is 10.2 Å². The standard InChI is InChI=1S/C15H21N3O/c1-11(16)8-13-4-5-15(17-9-13)18(3)10-14-6-7-19-12(14)2/h4-7,9,11H,8,10,16H2,1-3H3. The van der Waals surface area contributed by atoms with Crippen molar-refractivity contribution in [1.82, 2.24) is 4.98 Å². The van der Waals surface area contributed by atoms with Crippen LogP contribution in [0.4, 0.5) is 5.82 Å². The normalized spacial score (nSPS) is 12.4. The molecule has 19 heavy (non-hydrogen) atoms. The summed E-state index contributed by atoms with van der Waals surface area (Å²) >= 11 is 0. The molecule has 0 spiro atoms. The van der Waals surface area contributed by atoms with Gasteiger partial charge >= 0.3 is 0 Å². The van der Waals surface area contributed by atoms with E-state index in [2.05, 4.69) is 16.0 Å². The molecule has 0 saturated carbocycles. The zero-order valence-corrected chi connectivity index (χ0v) is 11.8. The van der Waals surface area contributed by atoms with Gasteiger partial charge in [-0.2, -0.15) is 0 Å². The second-order valence-corrected chi connectivity index (χ2v) is 5.06. The number of anilines is 1. The first-order valence-corrected chi connectivity index (χ1v) is 6.51. The molecule has 0 aliphatic rings. The molecule has 0 aliphatic carbocycles. The largest absolute Gasteiger partial charge is 0.469 e. The summed E-state index contributed by atoms with van der Waals surface area (Å²) in [6.45, 7) is 4.77. The van der Waals surface area contributed by atoms with Crippen molar-refractivity contribution in [1.29, 1.82) is 0 Å². The Morgan fingerprint density at radius 1 is 1.37 bits per heavy atom. The summed E-state index contributed by atoms with van der Waals surface area (Å²) in [6.07, 6.45) is 4.48. The van der Waals surface area contributed by atoms with Gasteiger partial charge in [0.2, 0.25) is 0 Å². The topological polar surface area (TPSA) is 55.3 Å². The summed E-state index contributed by atoms with van der Waals surface area (Å²) in [4.78, 5) is 6.59. The third kappa shape index (κ3) is 3.58. The number of hydrogen-bond acceptors (Lipinski definition) is 4. The highest BCUT2D eigenvalue weighted by Crippen LogP contribution is 2.16. The number of aromatic nitrogens is 1. The number of rotatable bonds is 5. The van der Waals surface area contributed by atoms with Crippen molar-refractivity contribution in [2.75, 3.05) is 11.9 Å². The maximum absolute atomic E-state index is 5.78. The van der Waals surface area contributed by atoms with Crippen molar-refractivity contribution in [2.45, 2.75) is 32.9 Å². The Morgan fingerprint density at radius 2 is 2.16 bits per heavy atom. The molecule has 0 bridgehead atoms. The SMILES string of the molecule is Cc1occc1CN(C)c1ccc(CC(C)N)cn1. The van der Waals surface area contributed by atoms with Gasteiger partial charge in [0.15, 0.2) is 0 Å². The zero-order valence-electron chi connectivity index (χ0n) is 11.8. The van der Waals surface area contributed by atoms with Crippen LogP contribution in [-0.4, -0.2) is 18.1 Å². The van der Waals surface area contributed by atoms with Crippen LogP contribution < -0.4 is 10.6 Å². The van der Waals surface area contributed by atoms with E-state index in [-0.39, 0.29) is 6.04 Å². The lowest BCUT2D eigenvalue weighted by Crippen LogP contribution is -2.19. The number of hydrogen-bond donors (Lipinski definition) is 1. The summed E-state index contributed by atoms with van der Waals surface area (Å²) < 4.78 is 5.30. The van der Waals surface area contributed by atoms with Crippen LogP contribution >= 0.6 is 0 Å². The molecule has 102 valence electrons. The molecule has 0 aliphatic heterocycles. The average molecular weight is 259 g/mol. The first kappa shape index (κ1) is 13.6. The van der Waals surface area contributed by atoms with Crippen LogP contribution in [0.15, 0.2) is 35.1 Å². The highest BCUT2D eigenvalue weighted by molar-refractivity contribution is 5.39. The molecule has 1 atom stereocenters. The van der Waals surface area contributed by atoms with Crippen molar-refractivity contribution >= 4 is 5.82 Å². The first-order chi connectivity index (χ1) is 9.06. The number of aryl methyl sites for hydroxylation is 1. The minimum absolute atomic E-state index is 0.166. The third-order valence-electron chi connectivity index (χ3n) is 3.13. The van der Waals surface area contributed by atoms with E-state index < -0.39 is 0 Å². The quantitative estimate of drug-likeness (QED) is 0.896. The average Bonchev–Trinajstić information content (AvgIpc) is 2.75. The van der Waals surface area contributed by atoms with Gasteiger partial charge in [-0.3, -0.25) is 0 Å². The first-order valence-electron chi connectivity index (χ1n) is 6.51. The van der Waals surface area contributed by atoms with Gasteiger partial charge in [-0.15, -0.1) is 0 Å². The molecule has 2 rings (SSSR count). The van der Waals surface area contributed by atoms with Crippen LogP contribution in [0.1, 0.15) is 23.8 Å². The summed E-state index contributed by atoms with van der Waals surface area (Å²) in [6, 6.07) is 6.28. The minimum Gasteiger partial charge on any atom is -0.469 e. The highest BCUT2D eigenvalue weighted by Gasteiger charge is 2.07. The second kappa shape index (κ2) is 5.89. The van der Waals surface area contributed by atoms with Gasteiger partial charge < -0.3 is 15.1 Å². The number of pyridine rings is 1. The van der Waals surface area contributed by atoms with Crippen molar-refractivity contribution in [3.63, 3.8) is 0 Å². The fourth-order valence-corrected chi connectivity index (χ4v) is 2.05. The predicted octanol–water partition coefficient (Wildman–Crippen LogP) is 2.51. The fraction of sp³-hybridized carbons (Fsp3) is 0.400. The summed E-state index contributed by atoms with van der Waals surface area (Å²) in [5.74, 6) is 1.91. The monoisotopic (exact) mass is 259 g/mol. The lowest BCUT2D eigenvalue weighted by atomic mass is 10.1. The van der Waals surface area contributed by atoms with Crippen LogP contribution in [0.2, 0.25) is 0 Å². The van der Waals surface area contributed by atoms with Crippen LogP contribution in [0.3, 0.4) is 0 Å². The lowest BCUT2D eigenvalue weighted by Gasteiger charge is -2.18. The molecule has 4 heteroatoms. The molecule has 1 unspecified atom stereocenters. The van der Waals surface area contributed by atoms with Gasteiger partial charge in [0, 0.05) is 31.4 Å². The van der Waals surface area contributed by atoms with Crippen molar-refractivity contribution in [3.05, 3.63) is 47.5 Å². The number of nitrogens with zero attached hydrogens (tertiary/aromatic N) is 2. The maximum Gasteiger partial charge on any atom is 0.128 e. The third-order valence-corrected chi connectivity index (χ3v) is 3.13. The van der Waals surface area contributed by atoms with E-state index in [1.54, 1.807) is 6.26 Å². The van der Waals surface area contributed by atoms with Gasteiger partial charge in [-0.25, -0.2) is 4.98 Å². The Morgan fingerprint density at radius 3 is 2.68 bits per heavy atom. The van der Waals surface area contributed by atoms with E-state index in [1.807, 2.05) is 39.2 Å². The number of furan rings is 1.